The Labute approximate surface area is 141 Å². The predicted molar refractivity (Wildman–Crippen MR) is 91.8 cm³/mol. The number of rotatable bonds is 4. The molecule has 6 heteroatoms. The van der Waals surface area contributed by atoms with Crippen LogP contribution in [0.3, 0.4) is 0 Å². The van der Waals surface area contributed by atoms with E-state index in [4.69, 9.17) is 0 Å². The summed E-state index contributed by atoms with van der Waals surface area (Å²) >= 11 is 0. The third kappa shape index (κ3) is 3.32. The number of carbonyl (C=O) groups is 2. The first-order chi connectivity index (χ1) is 11.6. The fourth-order valence-corrected chi connectivity index (χ4v) is 3.01. The first kappa shape index (κ1) is 16.2. The average molecular weight is 326 g/mol. The van der Waals surface area contributed by atoms with E-state index in [2.05, 4.69) is 10.4 Å². The van der Waals surface area contributed by atoms with Gasteiger partial charge in [0, 0.05) is 30.5 Å². The lowest BCUT2D eigenvalue weighted by atomic mass is 10.1. The smallest absolute Gasteiger partial charge is 0.247 e. The van der Waals surface area contributed by atoms with Crippen LogP contribution in [0.25, 0.3) is 5.69 Å². The monoisotopic (exact) mass is 326 g/mol. The van der Waals surface area contributed by atoms with Crippen molar-refractivity contribution >= 4 is 17.5 Å². The van der Waals surface area contributed by atoms with Crippen molar-refractivity contribution in [2.75, 3.05) is 11.9 Å². The Bertz CT molecular complexity index is 724. The van der Waals surface area contributed by atoms with E-state index in [0.29, 0.717) is 18.7 Å². The highest BCUT2D eigenvalue weighted by atomic mass is 16.2. The quantitative estimate of drug-likeness (QED) is 0.938. The third-order valence-corrected chi connectivity index (χ3v) is 4.22. The minimum absolute atomic E-state index is 0.0398. The molecule has 0 aliphatic carbocycles. The molecule has 1 aliphatic rings. The van der Waals surface area contributed by atoms with Crippen molar-refractivity contribution in [2.24, 2.45) is 5.92 Å². The van der Waals surface area contributed by atoms with E-state index in [1.165, 1.54) is 0 Å². The van der Waals surface area contributed by atoms with E-state index in [1.807, 2.05) is 50.4 Å². The standard InChI is InChI=1S/C18H22N4O2/c1-13(2)18(24)21-10-4-8-16(21)17(23)20-14-6-3-7-15(12-14)22-11-5-9-19-22/h3,5-7,9,11-13,16H,4,8,10H2,1-2H3,(H,20,23)/t16-/m0/s1. The van der Waals surface area contributed by atoms with Crippen molar-refractivity contribution < 1.29 is 9.59 Å². The van der Waals surface area contributed by atoms with Crippen LogP contribution in [-0.4, -0.2) is 39.1 Å². The molecule has 3 rings (SSSR count). The predicted octanol–water partition coefficient (Wildman–Crippen LogP) is 2.46. The Morgan fingerprint density at radius 3 is 2.83 bits per heavy atom. The van der Waals surface area contributed by atoms with Gasteiger partial charge < -0.3 is 10.2 Å². The highest BCUT2D eigenvalue weighted by Gasteiger charge is 2.34. The van der Waals surface area contributed by atoms with Crippen molar-refractivity contribution in [2.45, 2.75) is 32.7 Å². The van der Waals surface area contributed by atoms with Gasteiger partial charge in [-0.3, -0.25) is 9.59 Å². The summed E-state index contributed by atoms with van der Waals surface area (Å²) in [6.07, 6.45) is 5.13. The van der Waals surface area contributed by atoms with Gasteiger partial charge >= 0.3 is 0 Å². The molecule has 1 aliphatic heterocycles. The van der Waals surface area contributed by atoms with Gasteiger partial charge in [-0.1, -0.05) is 19.9 Å². The molecule has 0 unspecified atom stereocenters. The van der Waals surface area contributed by atoms with E-state index in [1.54, 1.807) is 15.8 Å². The molecule has 126 valence electrons. The zero-order valence-electron chi connectivity index (χ0n) is 14.0. The Hall–Kier alpha value is -2.63. The van der Waals surface area contributed by atoms with Gasteiger partial charge in [-0.05, 0) is 37.1 Å². The summed E-state index contributed by atoms with van der Waals surface area (Å²) in [5, 5.41) is 7.13. The van der Waals surface area contributed by atoms with Crippen LogP contribution in [0.5, 0.6) is 0 Å². The number of aromatic nitrogens is 2. The van der Waals surface area contributed by atoms with Gasteiger partial charge in [-0.2, -0.15) is 5.10 Å². The largest absolute Gasteiger partial charge is 0.330 e. The molecule has 2 aromatic rings. The highest BCUT2D eigenvalue weighted by Crippen LogP contribution is 2.22. The lowest BCUT2D eigenvalue weighted by molar-refractivity contribution is -0.139. The van der Waals surface area contributed by atoms with E-state index >= 15 is 0 Å². The average Bonchev–Trinajstić information content (AvgIpc) is 3.25. The van der Waals surface area contributed by atoms with E-state index in [-0.39, 0.29) is 23.8 Å². The minimum Gasteiger partial charge on any atom is -0.330 e. The number of carbonyl (C=O) groups excluding carboxylic acids is 2. The van der Waals surface area contributed by atoms with Crippen LogP contribution in [0.1, 0.15) is 26.7 Å². The van der Waals surface area contributed by atoms with Gasteiger partial charge in [-0.25, -0.2) is 4.68 Å². The second-order valence-corrected chi connectivity index (χ2v) is 6.33. The van der Waals surface area contributed by atoms with Crippen LogP contribution in [0, 0.1) is 5.92 Å². The molecule has 0 radical (unpaired) electrons. The lowest BCUT2D eigenvalue weighted by Gasteiger charge is -2.25. The summed E-state index contributed by atoms with van der Waals surface area (Å²) in [7, 11) is 0. The maximum atomic E-state index is 12.6. The van der Waals surface area contributed by atoms with E-state index in [0.717, 1.165) is 12.1 Å². The van der Waals surface area contributed by atoms with Gasteiger partial charge in [0.15, 0.2) is 0 Å². The second-order valence-electron chi connectivity index (χ2n) is 6.33. The van der Waals surface area contributed by atoms with Crippen LogP contribution in [0.4, 0.5) is 5.69 Å². The van der Waals surface area contributed by atoms with E-state index in [9.17, 15) is 9.59 Å². The molecule has 2 heterocycles. The molecule has 1 atom stereocenters. The summed E-state index contributed by atoms with van der Waals surface area (Å²) in [6, 6.07) is 8.97. The number of amides is 2. The van der Waals surface area contributed by atoms with E-state index < -0.39 is 0 Å². The zero-order valence-corrected chi connectivity index (χ0v) is 14.0. The summed E-state index contributed by atoms with van der Waals surface area (Å²) in [6.45, 7) is 4.38. The Morgan fingerprint density at radius 1 is 1.29 bits per heavy atom. The first-order valence-corrected chi connectivity index (χ1v) is 8.27. The zero-order chi connectivity index (χ0) is 17.1. The molecule has 0 spiro atoms. The molecule has 1 saturated heterocycles. The summed E-state index contributed by atoms with van der Waals surface area (Å²) in [4.78, 5) is 26.6. The number of nitrogens with one attached hydrogen (secondary N) is 1. The normalized spacial score (nSPS) is 17.3. The van der Waals surface area contributed by atoms with Crippen LogP contribution >= 0.6 is 0 Å². The number of anilines is 1. The molecular formula is C18H22N4O2. The number of hydrogen-bond acceptors (Lipinski definition) is 3. The molecule has 1 N–H and O–H groups in total. The molecule has 6 nitrogen and oxygen atoms in total. The third-order valence-electron chi connectivity index (χ3n) is 4.22. The number of likely N-dealkylation sites (tertiary alicyclic amines) is 1. The molecule has 1 aromatic heterocycles. The summed E-state index contributed by atoms with van der Waals surface area (Å²) < 4.78 is 1.74. The molecule has 1 fully saturated rings. The van der Waals surface area contributed by atoms with Gasteiger partial charge in [-0.15, -0.1) is 0 Å². The molecule has 1 aromatic carbocycles. The topological polar surface area (TPSA) is 67.2 Å². The fourth-order valence-electron chi connectivity index (χ4n) is 3.01. The number of nitrogens with zero attached hydrogens (tertiary/aromatic N) is 3. The maximum Gasteiger partial charge on any atom is 0.247 e. The minimum atomic E-state index is -0.381. The van der Waals surface area contributed by atoms with Crippen LogP contribution < -0.4 is 5.32 Å². The first-order valence-electron chi connectivity index (χ1n) is 8.27. The Kier molecular flexibility index (Phi) is 4.64. The van der Waals surface area contributed by atoms with Gasteiger partial charge in [0.25, 0.3) is 0 Å². The lowest BCUT2D eigenvalue weighted by Crippen LogP contribution is -2.44. The van der Waals surface area contributed by atoms with Crippen LogP contribution in [-0.2, 0) is 9.59 Å². The number of hydrogen-bond donors (Lipinski definition) is 1. The molecule has 0 saturated carbocycles. The Morgan fingerprint density at radius 2 is 2.12 bits per heavy atom. The van der Waals surface area contributed by atoms with Crippen LogP contribution in [0.2, 0.25) is 0 Å². The Balaban J connectivity index is 1.73. The van der Waals surface area contributed by atoms with Gasteiger partial charge in [0.05, 0.1) is 5.69 Å². The number of benzene rings is 1. The van der Waals surface area contributed by atoms with Crippen LogP contribution in [0.15, 0.2) is 42.7 Å². The highest BCUT2D eigenvalue weighted by molar-refractivity contribution is 5.97. The van der Waals surface area contributed by atoms with Crippen molar-refractivity contribution in [3.63, 3.8) is 0 Å². The SMILES string of the molecule is CC(C)C(=O)N1CCC[C@H]1C(=O)Nc1cccc(-n2cccn2)c1. The molecule has 2 amide bonds. The second kappa shape index (κ2) is 6.86. The van der Waals surface area contributed by atoms with Crippen molar-refractivity contribution in [3.05, 3.63) is 42.7 Å². The molecular weight excluding hydrogens is 304 g/mol. The van der Waals surface area contributed by atoms with Gasteiger partial charge in [0.2, 0.25) is 11.8 Å². The van der Waals surface area contributed by atoms with Crippen molar-refractivity contribution in [3.8, 4) is 5.69 Å². The fraction of sp³-hybridized carbons (Fsp3) is 0.389. The summed E-state index contributed by atoms with van der Waals surface area (Å²) in [5.41, 5.74) is 1.58. The van der Waals surface area contributed by atoms with Crippen molar-refractivity contribution in [1.29, 1.82) is 0 Å². The molecule has 0 bridgehead atoms. The summed E-state index contributed by atoms with van der Waals surface area (Å²) in [5.74, 6) is -0.182. The van der Waals surface area contributed by atoms with Gasteiger partial charge in [0.1, 0.15) is 6.04 Å². The van der Waals surface area contributed by atoms with Crippen molar-refractivity contribution in [1.82, 2.24) is 14.7 Å². The maximum absolute atomic E-state index is 12.6. The molecule has 24 heavy (non-hydrogen) atoms.